The molecule has 0 saturated heterocycles. The molecule has 0 bridgehead atoms. The normalized spacial score (nSPS) is 22.2. The molecule has 0 spiro atoms. The summed E-state index contributed by atoms with van der Waals surface area (Å²) >= 11 is 0. The van der Waals surface area contributed by atoms with Crippen molar-refractivity contribution in [3.05, 3.63) is 34.9 Å². The average Bonchev–Trinajstić information content (AvgIpc) is 2.86. The first-order valence-electron chi connectivity index (χ1n) is 8.02. The highest BCUT2D eigenvalue weighted by Gasteiger charge is 2.26. The van der Waals surface area contributed by atoms with Gasteiger partial charge in [-0.1, -0.05) is 6.08 Å². The highest BCUT2D eigenvalue weighted by molar-refractivity contribution is 5.51. The number of fused-ring (bicyclic) bond motifs is 1. The molecule has 0 amide bonds. The lowest BCUT2D eigenvalue weighted by atomic mass is 9.90. The molecule has 0 fully saturated rings. The molecule has 21 heavy (non-hydrogen) atoms. The lowest BCUT2D eigenvalue weighted by molar-refractivity contribution is 0.199. The van der Waals surface area contributed by atoms with E-state index in [2.05, 4.69) is 13.0 Å². The minimum atomic E-state index is -0.573. The van der Waals surface area contributed by atoms with Gasteiger partial charge in [-0.25, -0.2) is 0 Å². The van der Waals surface area contributed by atoms with Gasteiger partial charge in [0.1, 0.15) is 23.7 Å². The van der Waals surface area contributed by atoms with Crippen LogP contribution in [0.1, 0.15) is 56.8 Å². The summed E-state index contributed by atoms with van der Waals surface area (Å²) in [5, 5.41) is 10.7. The predicted molar refractivity (Wildman–Crippen MR) is 82.9 cm³/mol. The first kappa shape index (κ1) is 14.5. The van der Waals surface area contributed by atoms with E-state index in [0.29, 0.717) is 6.61 Å². The van der Waals surface area contributed by atoms with E-state index in [1.165, 1.54) is 12.0 Å². The molecule has 1 aromatic carbocycles. The van der Waals surface area contributed by atoms with Crippen LogP contribution in [0.15, 0.2) is 23.8 Å². The average molecular weight is 288 g/mol. The van der Waals surface area contributed by atoms with E-state index < -0.39 is 6.10 Å². The topological polar surface area (TPSA) is 38.7 Å². The van der Waals surface area contributed by atoms with Crippen molar-refractivity contribution in [2.45, 2.75) is 58.2 Å². The monoisotopic (exact) mass is 288 g/mol. The Kier molecular flexibility index (Phi) is 4.20. The first-order chi connectivity index (χ1) is 10.2. The van der Waals surface area contributed by atoms with Crippen LogP contribution in [0.3, 0.4) is 0 Å². The molecule has 114 valence electrons. The van der Waals surface area contributed by atoms with E-state index >= 15 is 0 Å². The largest absolute Gasteiger partial charge is 0.493 e. The summed E-state index contributed by atoms with van der Waals surface area (Å²) in [4.78, 5) is 0. The summed E-state index contributed by atoms with van der Waals surface area (Å²) in [5.41, 5.74) is 3.14. The van der Waals surface area contributed by atoms with E-state index in [-0.39, 0.29) is 6.10 Å². The Morgan fingerprint density at radius 2 is 2.24 bits per heavy atom. The molecule has 1 aliphatic carbocycles. The minimum Gasteiger partial charge on any atom is -0.493 e. The molecule has 2 atom stereocenters. The lowest BCUT2D eigenvalue weighted by Gasteiger charge is -2.22. The fourth-order valence-corrected chi connectivity index (χ4v) is 3.26. The van der Waals surface area contributed by atoms with Crippen LogP contribution in [0.4, 0.5) is 0 Å². The van der Waals surface area contributed by atoms with Crippen LogP contribution in [-0.4, -0.2) is 17.8 Å². The van der Waals surface area contributed by atoms with E-state index in [4.69, 9.17) is 9.47 Å². The maximum Gasteiger partial charge on any atom is 0.125 e. The fraction of sp³-hybridized carbons (Fsp3) is 0.556. The third-order valence-electron chi connectivity index (χ3n) is 4.30. The summed E-state index contributed by atoms with van der Waals surface area (Å²) < 4.78 is 11.6. The molecule has 2 unspecified atom stereocenters. The molecular formula is C18H24O3. The number of ether oxygens (including phenoxy) is 2. The Bertz CT molecular complexity index is 548. The molecule has 3 rings (SSSR count). The van der Waals surface area contributed by atoms with Gasteiger partial charge in [-0.2, -0.15) is 0 Å². The van der Waals surface area contributed by atoms with Gasteiger partial charge >= 0.3 is 0 Å². The quantitative estimate of drug-likeness (QED) is 0.853. The van der Waals surface area contributed by atoms with Crippen LogP contribution in [0.2, 0.25) is 0 Å². The zero-order valence-electron chi connectivity index (χ0n) is 12.9. The van der Waals surface area contributed by atoms with Crippen LogP contribution in [0.5, 0.6) is 11.5 Å². The number of allylic oxidation sites excluding steroid dienone is 1. The second-order valence-electron chi connectivity index (χ2n) is 5.99. The highest BCUT2D eigenvalue weighted by atomic mass is 16.5. The number of benzene rings is 1. The minimum absolute atomic E-state index is 0.204. The Morgan fingerprint density at radius 3 is 2.95 bits per heavy atom. The van der Waals surface area contributed by atoms with Gasteiger partial charge in [0.25, 0.3) is 0 Å². The van der Waals surface area contributed by atoms with E-state index in [1.54, 1.807) is 0 Å². The zero-order chi connectivity index (χ0) is 14.8. The number of aliphatic hydroxyl groups excluding tert-OH is 1. The molecule has 0 radical (unpaired) electrons. The Hall–Kier alpha value is -1.48. The maximum atomic E-state index is 10.7. The van der Waals surface area contributed by atoms with Crippen molar-refractivity contribution in [3.8, 4) is 11.5 Å². The Balaban J connectivity index is 1.96. The van der Waals surface area contributed by atoms with Crippen molar-refractivity contribution in [2.24, 2.45) is 0 Å². The SMILES string of the molecule is CCOc1cc2c(cc1C(O)C1=CCCCC1)OC(C)C2. The third-order valence-corrected chi connectivity index (χ3v) is 4.30. The van der Waals surface area contributed by atoms with Gasteiger partial charge in [0.15, 0.2) is 0 Å². The van der Waals surface area contributed by atoms with Crippen molar-refractivity contribution < 1.29 is 14.6 Å². The van der Waals surface area contributed by atoms with Crippen molar-refractivity contribution >= 4 is 0 Å². The maximum absolute atomic E-state index is 10.7. The predicted octanol–water partition coefficient (Wildman–Crippen LogP) is 3.94. The van der Waals surface area contributed by atoms with E-state index in [0.717, 1.165) is 48.3 Å². The molecular weight excluding hydrogens is 264 g/mol. The number of rotatable bonds is 4. The molecule has 2 aliphatic rings. The molecule has 1 heterocycles. The van der Waals surface area contributed by atoms with E-state index in [1.807, 2.05) is 19.1 Å². The Morgan fingerprint density at radius 1 is 1.38 bits per heavy atom. The smallest absolute Gasteiger partial charge is 0.125 e. The zero-order valence-corrected chi connectivity index (χ0v) is 12.9. The summed E-state index contributed by atoms with van der Waals surface area (Å²) in [6.45, 7) is 4.65. The van der Waals surface area contributed by atoms with Gasteiger partial charge in [-0.3, -0.25) is 0 Å². The Labute approximate surface area is 126 Å². The molecule has 1 N–H and O–H groups in total. The van der Waals surface area contributed by atoms with Gasteiger partial charge in [-0.05, 0) is 57.2 Å². The van der Waals surface area contributed by atoms with Crippen molar-refractivity contribution in [3.63, 3.8) is 0 Å². The molecule has 3 heteroatoms. The van der Waals surface area contributed by atoms with Crippen LogP contribution >= 0.6 is 0 Å². The fourth-order valence-electron chi connectivity index (χ4n) is 3.26. The number of hydrogen-bond donors (Lipinski definition) is 1. The third kappa shape index (κ3) is 2.93. The summed E-state index contributed by atoms with van der Waals surface area (Å²) in [7, 11) is 0. The van der Waals surface area contributed by atoms with Crippen molar-refractivity contribution in [2.75, 3.05) is 6.61 Å². The van der Waals surface area contributed by atoms with Crippen LogP contribution < -0.4 is 9.47 Å². The van der Waals surface area contributed by atoms with Crippen molar-refractivity contribution in [1.29, 1.82) is 0 Å². The van der Waals surface area contributed by atoms with Gasteiger partial charge < -0.3 is 14.6 Å². The number of hydrogen-bond acceptors (Lipinski definition) is 3. The van der Waals surface area contributed by atoms with Gasteiger partial charge in [0.05, 0.1) is 6.61 Å². The van der Waals surface area contributed by atoms with Crippen LogP contribution in [0, 0.1) is 0 Å². The lowest BCUT2D eigenvalue weighted by Crippen LogP contribution is -2.08. The summed E-state index contributed by atoms with van der Waals surface area (Å²) in [6.07, 6.45) is 7.14. The highest BCUT2D eigenvalue weighted by Crippen LogP contribution is 2.41. The molecule has 0 saturated carbocycles. The van der Waals surface area contributed by atoms with Gasteiger partial charge in [0, 0.05) is 17.5 Å². The van der Waals surface area contributed by atoms with Crippen LogP contribution in [0.25, 0.3) is 0 Å². The number of aliphatic hydroxyl groups is 1. The molecule has 3 nitrogen and oxygen atoms in total. The second-order valence-corrected chi connectivity index (χ2v) is 5.99. The van der Waals surface area contributed by atoms with Crippen molar-refractivity contribution in [1.82, 2.24) is 0 Å². The van der Waals surface area contributed by atoms with E-state index in [9.17, 15) is 5.11 Å². The molecule has 1 aromatic rings. The van der Waals surface area contributed by atoms with Crippen LogP contribution in [-0.2, 0) is 6.42 Å². The summed E-state index contributed by atoms with van der Waals surface area (Å²) in [5.74, 6) is 1.70. The first-order valence-corrected chi connectivity index (χ1v) is 8.02. The standard InChI is InChI=1S/C18H24O3/c1-3-20-17-10-14-9-12(2)21-16(14)11-15(17)18(19)13-7-5-4-6-8-13/h7,10-12,18-19H,3-6,8-9H2,1-2H3. The molecule has 1 aliphatic heterocycles. The van der Waals surface area contributed by atoms with Gasteiger partial charge in [0.2, 0.25) is 0 Å². The molecule has 0 aromatic heterocycles. The summed E-state index contributed by atoms with van der Waals surface area (Å²) in [6, 6.07) is 4.02. The van der Waals surface area contributed by atoms with Gasteiger partial charge in [-0.15, -0.1) is 0 Å². The second kappa shape index (κ2) is 6.10.